The van der Waals surface area contributed by atoms with Crippen molar-refractivity contribution in [3.8, 4) is 22.8 Å². The minimum absolute atomic E-state index is 0.166. The van der Waals surface area contributed by atoms with Crippen LogP contribution in [0.1, 0.15) is 12.1 Å². The summed E-state index contributed by atoms with van der Waals surface area (Å²) in [5.74, 6) is -0.802. The molecular weight excluding hydrogens is 369 g/mol. The molecule has 1 aromatic carbocycles. The first-order valence-corrected chi connectivity index (χ1v) is 8.06. The fraction of sp³-hybridized carbons (Fsp3) is 0.438. The van der Waals surface area contributed by atoms with Crippen molar-refractivity contribution in [2.45, 2.75) is 31.9 Å². The van der Waals surface area contributed by atoms with Gasteiger partial charge in [-0.25, -0.2) is 4.98 Å². The Bertz CT molecular complexity index is 819. The molecule has 2 atom stereocenters. The molecule has 3 N–H and O–H groups in total. The van der Waals surface area contributed by atoms with Gasteiger partial charge >= 0.3 is 6.36 Å². The monoisotopic (exact) mass is 386 g/mol. The van der Waals surface area contributed by atoms with Crippen LogP contribution in [0.3, 0.4) is 0 Å². The molecule has 27 heavy (non-hydrogen) atoms. The molecule has 0 aliphatic carbocycles. The molecule has 0 bridgehead atoms. The van der Waals surface area contributed by atoms with Crippen LogP contribution in [0.2, 0.25) is 0 Å². The highest BCUT2D eigenvalue weighted by Crippen LogP contribution is 2.34. The number of rotatable bonds is 4. The van der Waals surface area contributed by atoms with Gasteiger partial charge in [-0.2, -0.15) is 0 Å². The second kappa shape index (κ2) is 7.53. The Morgan fingerprint density at radius 2 is 2.07 bits per heavy atom. The Balaban J connectivity index is 1.79. The first kappa shape index (κ1) is 19.1. The average molecular weight is 386 g/mol. The highest BCUT2D eigenvalue weighted by Gasteiger charge is 2.31. The number of aromatic nitrogens is 3. The van der Waals surface area contributed by atoms with Crippen molar-refractivity contribution in [2.24, 2.45) is 0 Å². The van der Waals surface area contributed by atoms with Gasteiger partial charge in [0.2, 0.25) is 5.95 Å². The van der Waals surface area contributed by atoms with Crippen LogP contribution in [0, 0.1) is 6.92 Å². The summed E-state index contributed by atoms with van der Waals surface area (Å²) in [6.45, 7) is 2.33. The summed E-state index contributed by atoms with van der Waals surface area (Å²) in [5.41, 5.74) is 0.776. The van der Waals surface area contributed by atoms with E-state index >= 15 is 0 Å². The third kappa shape index (κ3) is 4.74. The second-order valence-corrected chi connectivity index (χ2v) is 5.98. The first-order chi connectivity index (χ1) is 12.7. The molecule has 0 amide bonds. The normalized spacial score (nSPS) is 20.3. The number of anilines is 1. The molecule has 1 aliphatic rings. The quantitative estimate of drug-likeness (QED) is 0.732. The number of aryl methyl sites for hydroxylation is 1. The van der Waals surface area contributed by atoms with E-state index in [1.54, 1.807) is 6.92 Å². The van der Waals surface area contributed by atoms with E-state index in [-0.39, 0.29) is 29.9 Å². The topological polar surface area (TPSA) is 110 Å². The predicted octanol–water partition coefficient (Wildman–Crippen LogP) is 2.01. The van der Waals surface area contributed by atoms with E-state index in [1.807, 2.05) is 0 Å². The largest absolute Gasteiger partial charge is 0.573 e. The lowest BCUT2D eigenvalue weighted by molar-refractivity contribution is -0.274. The lowest BCUT2D eigenvalue weighted by Crippen LogP contribution is -2.42. The van der Waals surface area contributed by atoms with Crippen molar-refractivity contribution in [1.29, 1.82) is 0 Å². The number of ether oxygens (including phenoxy) is 2. The number of halogens is 3. The number of phenols is 1. The lowest BCUT2D eigenvalue weighted by Gasteiger charge is -2.28. The first-order valence-electron chi connectivity index (χ1n) is 8.06. The van der Waals surface area contributed by atoms with Gasteiger partial charge in [-0.05, 0) is 25.5 Å². The number of nitrogens with one attached hydrogen (secondary N) is 1. The Morgan fingerprint density at radius 1 is 1.30 bits per heavy atom. The Hall–Kier alpha value is -2.66. The zero-order chi connectivity index (χ0) is 19.6. The number of aliphatic hydroxyl groups excluding tert-OH is 1. The number of alkyl halides is 3. The fourth-order valence-electron chi connectivity index (χ4n) is 2.68. The van der Waals surface area contributed by atoms with Crippen LogP contribution in [0.25, 0.3) is 11.3 Å². The number of nitrogens with zero attached hydrogens (tertiary/aromatic N) is 3. The summed E-state index contributed by atoms with van der Waals surface area (Å²) in [5, 5.41) is 30.8. The van der Waals surface area contributed by atoms with Crippen molar-refractivity contribution in [3.63, 3.8) is 0 Å². The Labute approximate surface area is 152 Å². The highest BCUT2D eigenvalue weighted by atomic mass is 19.4. The summed E-state index contributed by atoms with van der Waals surface area (Å²) in [4.78, 5) is 4.24. The number of aliphatic hydroxyl groups is 1. The molecule has 0 unspecified atom stereocenters. The van der Waals surface area contributed by atoms with Crippen LogP contribution < -0.4 is 10.1 Å². The van der Waals surface area contributed by atoms with Gasteiger partial charge in [0.1, 0.15) is 17.2 Å². The predicted molar refractivity (Wildman–Crippen MR) is 87.2 cm³/mol. The minimum Gasteiger partial charge on any atom is -0.507 e. The molecule has 1 fully saturated rings. The smallest absolute Gasteiger partial charge is 0.507 e. The summed E-state index contributed by atoms with van der Waals surface area (Å²) in [6, 6.07) is 2.87. The van der Waals surface area contributed by atoms with Gasteiger partial charge in [0.15, 0.2) is 0 Å². The molecule has 1 saturated heterocycles. The van der Waals surface area contributed by atoms with Gasteiger partial charge in [-0.1, -0.05) is 0 Å². The van der Waals surface area contributed by atoms with Gasteiger partial charge in [0.05, 0.1) is 24.4 Å². The molecule has 11 heteroatoms. The zero-order valence-electron chi connectivity index (χ0n) is 14.2. The molecule has 2 aromatic rings. The number of hydrogen-bond donors (Lipinski definition) is 3. The van der Waals surface area contributed by atoms with E-state index in [4.69, 9.17) is 4.74 Å². The van der Waals surface area contributed by atoms with Crippen LogP contribution in [0.15, 0.2) is 18.2 Å². The van der Waals surface area contributed by atoms with E-state index < -0.39 is 24.0 Å². The van der Waals surface area contributed by atoms with Gasteiger partial charge in [-0.3, -0.25) is 0 Å². The maximum atomic E-state index is 12.3. The van der Waals surface area contributed by atoms with Gasteiger partial charge < -0.3 is 25.0 Å². The van der Waals surface area contributed by atoms with E-state index in [1.165, 1.54) is 6.07 Å². The fourth-order valence-corrected chi connectivity index (χ4v) is 2.68. The number of aromatic hydroxyl groups is 1. The molecule has 2 heterocycles. The molecule has 1 aromatic heterocycles. The molecule has 1 aliphatic heterocycles. The van der Waals surface area contributed by atoms with E-state index in [9.17, 15) is 23.4 Å². The number of benzene rings is 1. The van der Waals surface area contributed by atoms with Crippen LogP contribution >= 0.6 is 0 Å². The molecular formula is C16H17F3N4O4. The Morgan fingerprint density at radius 3 is 2.70 bits per heavy atom. The average Bonchev–Trinajstić information content (AvgIpc) is 2.57. The van der Waals surface area contributed by atoms with Gasteiger partial charge in [0, 0.05) is 18.2 Å². The molecule has 0 spiro atoms. The van der Waals surface area contributed by atoms with Crippen LogP contribution in [-0.4, -0.2) is 57.1 Å². The maximum absolute atomic E-state index is 12.3. The highest BCUT2D eigenvalue weighted by molar-refractivity contribution is 5.69. The van der Waals surface area contributed by atoms with Crippen LogP contribution in [0.4, 0.5) is 19.1 Å². The number of phenolic OH excluding ortho intramolecular Hbond substituents is 1. The summed E-state index contributed by atoms with van der Waals surface area (Å²) < 4.78 is 45.7. The molecule has 8 nitrogen and oxygen atoms in total. The zero-order valence-corrected chi connectivity index (χ0v) is 14.2. The third-order valence-corrected chi connectivity index (χ3v) is 3.96. The minimum atomic E-state index is -4.85. The van der Waals surface area contributed by atoms with Crippen LogP contribution in [-0.2, 0) is 4.74 Å². The summed E-state index contributed by atoms with van der Waals surface area (Å²) >= 11 is 0. The van der Waals surface area contributed by atoms with Crippen molar-refractivity contribution in [1.82, 2.24) is 15.2 Å². The lowest BCUT2D eigenvalue weighted by atomic mass is 10.1. The van der Waals surface area contributed by atoms with E-state index in [0.29, 0.717) is 18.7 Å². The van der Waals surface area contributed by atoms with Crippen molar-refractivity contribution >= 4 is 5.95 Å². The second-order valence-electron chi connectivity index (χ2n) is 5.98. The standard InChI is InChI=1S/C16H17F3N4O4/c1-8-14(10-3-2-9(6-12(10)24)27-16(17,18)19)22-23-15(20-8)21-11-4-5-26-7-13(11)25/h2-3,6,11,13,24-25H,4-5,7H2,1H3,(H,20,21,23)/t11-,13-/m1/s1. The summed E-state index contributed by atoms with van der Waals surface area (Å²) in [6.07, 6.45) is -4.98. The van der Waals surface area contributed by atoms with Crippen LogP contribution in [0.5, 0.6) is 11.5 Å². The number of hydrogen-bond acceptors (Lipinski definition) is 8. The van der Waals surface area contributed by atoms with Gasteiger partial charge in [0.25, 0.3) is 0 Å². The van der Waals surface area contributed by atoms with Crippen molar-refractivity contribution in [3.05, 3.63) is 23.9 Å². The van der Waals surface area contributed by atoms with E-state index in [2.05, 4.69) is 25.2 Å². The maximum Gasteiger partial charge on any atom is 0.573 e. The van der Waals surface area contributed by atoms with Crippen molar-refractivity contribution in [2.75, 3.05) is 18.5 Å². The molecule has 3 rings (SSSR count). The van der Waals surface area contributed by atoms with E-state index in [0.717, 1.165) is 12.1 Å². The molecule has 0 saturated carbocycles. The summed E-state index contributed by atoms with van der Waals surface area (Å²) in [7, 11) is 0. The Kier molecular flexibility index (Phi) is 5.33. The van der Waals surface area contributed by atoms with Crippen molar-refractivity contribution < 1.29 is 32.9 Å². The molecule has 146 valence electrons. The molecule has 0 radical (unpaired) electrons. The van der Waals surface area contributed by atoms with Gasteiger partial charge in [-0.15, -0.1) is 23.4 Å². The SMILES string of the molecule is Cc1nc(N[C@@H]2CCOC[C@H]2O)nnc1-c1ccc(OC(F)(F)F)cc1O. The third-order valence-electron chi connectivity index (χ3n) is 3.96.